The van der Waals surface area contributed by atoms with Crippen molar-refractivity contribution in [2.24, 2.45) is 0 Å². The number of hydrogen-bond acceptors (Lipinski definition) is 7. The van der Waals surface area contributed by atoms with Crippen molar-refractivity contribution in [1.29, 1.82) is 0 Å². The van der Waals surface area contributed by atoms with Crippen molar-refractivity contribution in [3.05, 3.63) is 30.1 Å². The van der Waals surface area contributed by atoms with E-state index in [0.29, 0.717) is 42.0 Å². The Bertz CT molecular complexity index is 1020. The number of nitrogens with zero attached hydrogens (tertiary/aromatic N) is 5. The minimum absolute atomic E-state index is 0.380. The molecule has 1 aliphatic carbocycles. The molecule has 0 amide bonds. The number of H-pyrrole nitrogens is 1. The van der Waals surface area contributed by atoms with E-state index in [4.69, 9.17) is 0 Å². The predicted octanol–water partition coefficient (Wildman–Crippen LogP) is 1.23. The molecule has 2 fully saturated rings. The van der Waals surface area contributed by atoms with Crippen LogP contribution in [0.15, 0.2) is 24.4 Å². The van der Waals surface area contributed by atoms with Crippen LogP contribution in [0.25, 0.3) is 5.65 Å². The van der Waals surface area contributed by atoms with Gasteiger partial charge in [-0.25, -0.2) is 4.79 Å². The Morgan fingerprint density at radius 1 is 1.37 bits per heavy atom. The molecule has 140 valence electrons. The number of carboxylic acids is 1. The number of carboxylic acid groups (broad SMARTS) is 1. The lowest BCUT2D eigenvalue weighted by atomic mass is 10.2. The molecule has 1 saturated carbocycles. The van der Waals surface area contributed by atoms with Crippen LogP contribution in [-0.4, -0.2) is 53.3 Å². The Kier molecular flexibility index (Phi) is 3.38. The van der Waals surface area contributed by atoms with Crippen molar-refractivity contribution >= 4 is 29.3 Å². The van der Waals surface area contributed by atoms with Gasteiger partial charge >= 0.3 is 5.97 Å². The van der Waals surface area contributed by atoms with Crippen LogP contribution in [0.2, 0.25) is 0 Å². The van der Waals surface area contributed by atoms with E-state index in [1.165, 1.54) is 0 Å². The zero-order chi connectivity index (χ0) is 18.6. The number of nitrogens with one attached hydrogen (secondary N) is 2. The van der Waals surface area contributed by atoms with Gasteiger partial charge in [0.2, 0.25) is 11.9 Å². The van der Waals surface area contributed by atoms with Crippen molar-refractivity contribution in [2.75, 3.05) is 16.8 Å². The summed E-state index contributed by atoms with van der Waals surface area (Å²) in [7, 11) is 0. The highest BCUT2D eigenvalue weighted by molar-refractivity contribution is 5.78. The Hall–Kier alpha value is -3.14. The number of hydrogen-bond donors (Lipinski definition) is 4. The van der Waals surface area contributed by atoms with Crippen molar-refractivity contribution < 1.29 is 15.0 Å². The molecule has 0 bridgehead atoms. The maximum atomic E-state index is 11.5. The lowest BCUT2D eigenvalue weighted by Gasteiger charge is -2.22. The summed E-state index contributed by atoms with van der Waals surface area (Å²) >= 11 is 0. The Morgan fingerprint density at radius 2 is 2.22 bits per heavy atom. The predicted molar refractivity (Wildman–Crippen MR) is 96.0 cm³/mol. The fourth-order valence-corrected chi connectivity index (χ4v) is 3.52. The highest BCUT2D eigenvalue weighted by atomic mass is 16.4. The summed E-state index contributed by atoms with van der Waals surface area (Å²) < 4.78 is 1.77. The first-order chi connectivity index (χ1) is 13.0. The first-order valence-corrected chi connectivity index (χ1v) is 8.93. The summed E-state index contributed by atoms with van der Waals surface area (Å²) in [5.41, 5.74) is 0.542. The molecule has 1 aliphatic heterocycles. The van der Waals surface area contributed by atoms with Crippen molar-refractivity contribution in [2.45, 2.75) is 37.3 Å². The number of aliphatic carboxylic acids is 1. The molecule has 3 aromatic rings. The maximum Gasteiger partial charge on any atom is 0.326 e. The average Bonchev–Trinajstić information content (AvgIpc) is 3.13. The first kappa shape index (κ1) is 16.1. The van der Waals surface area contributed by atoms with Crippen LogP contribution in [0.3, 0.4) is 0 Å². The standard InChI is InChI=1S/C17H19N7O3/c25-14(26)10-3-1-7-23(10)16-19-13-4-2-8-24(13)15(20-16)18-12-9-11(21-22-12)17(27)5-6-17/h2,4,8-10,27H,1,3,5-7H2,(H,25,26)(H2,18,19,20,21,22)/t10-/m0/s1. The van der Waals surface area contributed by atoms with Crippen molar-refractivity contribution in [3.63, 3.8) is 0 Å². The van der Waals surface area contributed by atoms with Gasteiger partial charge in [-0.1, -0.05) is 0 Å². The second-order valence-electron chi connectivity index (χ2n) is 7.10. The Labute approximate surface area is 153 Å². The minimum Gasteiger partial charge on any atom is -0.480 e. The summed E-state index contributed by atoms with van der Waals surface area (Å²) in [4.78, 5) is 22.3. The fourth-order valence-electron chi connectivity index (χ4n) is 3.52. The SMILES string of the molecule is O=C(O)[C@@H]1CCCN1c1nc(Nc2cc(C3(O)CC3)[nH]n2)n2cccc2n1. The summed E-state index contributed by atoms with van der Waals surface area (Å²) in [5.74, 6) is 0.527. The van der Waals surface area contributed by atoms with E-state index in [-0.39, 0.29) is 0 Å². The van der Waals surface area contributed by atoms with Crippen LogP contribution in [0.4, 0.5) is 17.7 Å². The molecule has 0 radical (unpaired) electrons. The topological polar surface area (TPSA) is 132 Å². The van der Waals surface area contributed by atoms with Crippen LogP contribution in [0, 0.1) is 0 Å². The Balaban J connectivity index is 1.51. The van der Waals surface area contributed by atoms with Gasteiger partial charge < -0.3 is 20.4 Å². The monoisotopic (exact) mass is 369 g/mol. The molecular weight excluding hydrogens is 350 g/mol. The molecule has 3 aromatic heterocycles. The number of aromatic amines is 1. The molecule has 27 heavy (non-hydrogen) atoms. The van der Waals surface area contributed by atoms with E-state index in [2.05, 4.69) is 25.5 Å². The van der Waals surface area contributed by atoms with Gasteiger partial charge in [-0.2, -0.15) is 15.1 Å². The second-order valence-corrected chi connectivity index (χ2v) is 7.10. The van der Waals surface area contributed by atoms with E-state index in [1.807, 2.05) is 18.3 Å². The van der Waals surface area contributed by atoms with Gasteiger partial charge in [0.1, 0.15) is 17.3 Å². The number of carbonyl (C=O) groups is 1. The molecule has 1 atom stereocenters. The zero-order valence-electron chi connectivity index (χ0n) is 14.5. The van der Waals surface area contributed by atoms with Crippen molar-refractivity contribution in [1.82, 2.24) is 24.6 Å². The first-order valence-electron chi connectivity index (χ1n) is 8.93. The lowest BCUT2D eigenvalue weighted by Crippen LogP contribution is -2.37. The molecule has 4 N–H and O–H groups in total. The summed E-state index contributed by atoms with van der Waals surface area (Å²) in [5, 5.41) is 29.9. The third-order valence-electron chi connectivity index (χ3n) is 5.21. The smallest absolute Gasteiger partial charge is 0.326 e. The number of fused-ring (bicyclic) bond motifs is 1. The van der Waals surface area contributed by atoms with Crippen LogP contribution < -0.4 is 10.2 Å². The van der Waals surface area contributed by atoms with Gasteiger partial charge in [0.25, 0.3) is 0 Å². The summed E-state index contributed by atoms with van der Waals surface area (Å²) in [6.07, 6.45) is 4.63. The van der Waals surface area contributed by atoms with E-state index in [9.17, 15) is 15.0 Å². The highest BCUT2D eigenvalue weighted by Gasteiger charge is 2.44. The molecule has 10 heteroatoms. The summed E-state index contributed by atoms with van der Waals surface area (Å²) in [6.45, 7) is 0.604. The fraction of sp³-hybridized carbons (Fsp3) is 0.412. The highest BCUT2D eigenvalue weighted by Crippen LogP contribution is 2.44. The average molecular weight is 369 g/mol. The van der Waals surface area contributed by atoms with Crippen LogP contribution in [-0.2, 0) is 10.4 Å². The summed E-state index contributed by atoms with van der Waals surface area (Å²) in [6, 6.07) is 4.84. The van der Waals surface area contributed by atoms with E-state index >= 15 is 0 Å². The van der Waals surface area contributed by atoms with E-state index in [0.717, 1.165) is 19.3 Å². The molecule has 0 aromatic carbocycles. The molecule has 4 heterocycles. The Morgan fingerprint density at radius 3 is 3.00 bits per heavy atom. The molecular formula is C17H19N7O3. The number of aliphatic hydroxyl groups is 1. The maximum absolute atomic E-state index is 11.5. The van der Waals surface area contributed by atoms with Crippen LogP contribution in [0.5, 0.6) is 0 Å². The van der Waals surface area contributed by atoms with Gasteiger partial charge in [0, 0.05) is 18.8 Å². The molecule has 2 aliphatic rings. The van der Waals surface area contributed by atoms with Crippen LogP contribution in [0.1, 0.15) is 31.4 Å². The van der Waals surface area contributed by atoms with Crippen LogP contribution >= 0.6 is 0 Å². The number of anilines is 3. The van der Waals surface area contributed by atoms with Crippen molar-refractivity contribution in [3.8, 4) is 0 Å². The lowest BCUT2D eigenvalue weighted by molar-refractivity contribution is -0.138. The van der Waals surface area contributed by atoms with Gasteiger partial charge in [-0.15, -0.1) is 0 Å². The largest absolute Gasteiger partial charge is 0.480 e. The third-order valence-corrected chi connectivity index (χ3v) is 5.21. The van der Waals surface area contributed by atoms with E-state index in [1.54, 1.807) is 15.4 Å². The molecule has 5 rings (SSSR count). The molecule has 0 spiro atoms. The third kappa shape index (κ3) is 2.69. The number of aromatic nitrogens is 5. The van der Waals surface area contributed by atoms with E-state index < -0.39 is 17.6 Å². The molecule has 1 saturated heterocycles. The normalized spacial score (nSPS) is 20.9. The van der Waals surface area contributed by atoms with Gasteiger partial charge in [-0.05, 0) is 37.8 Å². The number of rotatable bonds is 5. The zero-order valence-corrected chi connectivity index (χ0v) is 14.5. The molecule has 0 unspecified atom stereocenters. The van der Waals surface area contributed by atoms with Gasteiger partial charge in [-0.3, -0.25) is 9.50 Å². The minimum atomic E-state index is -0.865. The van der Waals surface area contributed by atoms with Gasteiger partial charge in [0.05, 0.1) is 5.69 Å². The second kappa shape index (κ2) is 5.68. The van der Waals surface area contributed by atoms with Gasteiger partial charge in [0.15, 0.2) is 5.82 Å². The molecule has 10 nitrogen and oxygen atoms in total. The quantitative estimate of drug-likeness (QED) is 0.528.